The lowest BCUT2D eigenvalue weighted by Gasteiger charge is -2.38. The Hall–Kier alpha value is -1.50. The van der Waals surface area contributed by atoms with E-state index in [1.165, 1.54) is 0 Å². The van der Waals surface area contributed by atoms with Crippen molar-refractivity contribution in [3.05, 3.63) is 28.2 Å². The predicted octanol–water partition coefficient (Wildman–Crippen LogP) is 2.52. The molecule has 4 rings (SSSR count). The van der Waals surface area contributed by atoms with Gasteiger partial charge in [-0.25, -0.2) is 0 Å². The van der Waals surface area contributed by atoms with Gasteiger partial charge in [0.1, 0.15) is 0 Å². The molecule has 0 aliphatic carbocycles. The van der Waals surface area contributed by atoms with E-state index in [0.717, 1.165) is 18.5 Å². The molecular formula is C18H20Cl2N2O4. The number of benzene rings is 1. The molecule has 6 nitrogen and oxygen atoms in total. The summed E-state index contributed by atoms with van der Waals surface area (Å²) in [5.74, 6) is -2.28. The van der Waals surface area contributed by atoms with Crippen LogP contribution in [-0.2, 0) is 14.3 Å². The number of hydrogen-bond acceptors (Lipinski definition) is 4. The number of carboxylic acids is 1. The number of hydrogen-bond donors (Lipinski definition) is 1. The van der Waals surface area contributed by atoms with Crippen LogP contribution >= 0.6 is 23.2 Å². The number of rotatable bonds is 3. The molecule has 3 aliphatic rings. The van der Waals surface area contributed by atoms with Crippen LogP contribution in [-0.4, -0.2) is 60.3 Å². The topological polar surface area (TPSA) is 70.1 Å². The number of amides is 1. The van der Waals surface area contributed by atoms with Gasteiger partial charge in [-0.2, -0.15) is 0 Å². The average molecular weight is 399 g/mol. The van der Waals surface area contributed by atoms with Crippen molar-refractivity contribution >= 4 is 40.8 Å². The molecule has 140 valence electrons. The predicted molar refractivity (Wildman–Crippen MR) is 97.8 cm³/mol. The molecule has 3 fully saturated rings. The van der Waals surface area contributed by atoms with Crippen LogP contribution in [0, 0.1) is 11.8 Å². The number of fused-ring (bicyclic) bond motifs is 2. The van der Waals surface area contributed by atoms with Gasteiger partial charge in [0.25, 0.3) is 0 Å². The van der Waals surface area contributed by atoms with Crippen molar-refractivity contribution in [2.45, 2.75) is 25.0 Å². The van der Waals surface area contributed by atoms with Crippen molar-refractivity contribution in [2.24, 2.45) is 11.8 Å². The summed E-state index contributed by atoms with van der Waals surface area (Å²) in [5, 5.41) is 10.5. The number of piperazine rings is 1. The number of halogens is 2. The van der Waals surface area contributed by atoms with E-state index in [2.05, 4.69) is 4.90 Å². The molecule has 1 aromatic rings. The second-order valence-electron chi connectivity index (χ2n) is 7.09. The van der Waals surface area contributed by atoms with E-state index >= 15 is 0 Å². The fourth-order valence-corrected chi connectivity index (χ4v) is 4.68. The van der Waals surface area contributed by atoms with Crippen molar-refractivity contribution in [1.82, 2.24) is 4.90 Å². The number of nitrogens with zero attached hydrogens (tertiary/aromatic N) is 2. The maximum Gasteiger partial charge on any atom is 0.310 e. The number of ether oxygens (including phenoxy) is 1. The van der Waals surface area contributed by atoms with Crippen molar-refractivity contribution in [1.29, 1.82) is 0 Å². The molecular weight excluding hydrogens is 379 g/mol. The van der Waals surface area contributed by atoms with E-state index < -0.39 is 17.8 Å². The quantitative estimate of drug-likeness (QED) is 0.846. The third-order valence-corrected chi connectivity index (χ3v) is 6.44. The smallest absolute Gasteiger partial charge is 0.310 e. The van der Waals surface area contributed by atoms with E-state index in [1.807, 2.05) is 12.1 Å². The summed E-state index contributed by atoms with van der Waals surface area (Å²) >= 11 is 12.1. The van der Waals surface area contributed by atoms with Crippen LogP contribution in [0.2, 0.25) is 10.0 Å². The first-order valence-corrected chi connectivity index (χ1v) is 9.58. The van der Waals surface area contributed by atoms with Gasteiger partial charge in [0.2, 0.25) is 5.91 Å². The molecule has 0 saturated carbocycles. The van der Waals surface area contributed by atoms with Crippen LogP contribution in [0.25, 0.3) is 0 Å². The van der Waals surface area contributed by atoms with E-state index in [-0.39, 0.29) is 18.1 Å². The molecule has 4 unspecified atom stereocenters. The summed E-state index contributed by atoms with van der Waals surface area (Å²) < 4.78 is 5.72. The first-order valence-electron chi connectivity index (χ1n) is 8.83. The highest BCUT2D eigenvalue weighted by atomic mass is 35.5. The Morgan fingerprint density at radius 3 is 2.27 bits per heavy atom. The van der Waals surface area contributed by atoms with Crippen molar-refractivity contribution in [3.8, 4) is 0 Å². The summed E-state index contributed by atoms with van der Waals surface area (Å²) in [6, 6.07) is 5.50. The number of carbonyl (C=O) groups is 2. The van der Waals surface area contributed by atoms with E-state index in [0.29, 0.717) is 36.2 Å². The first kappa shape index (κ1) is 17.9. The zero-order chi connectivity index (χ0) is 18.4. The molecule has 8 heteroatoms. The molecule has 1 amide bonds. The Morgan fingerprint density at radius 2 is 1.65 bits per heavy atom. The minimum absolute atomic E-state index is 0.0848. The minimum Gasteiger partial charge on any atom is -0.481 e. The largest absolute Gasteiger partial charge is 0.481 e. The molecule has 3 saturated heterocycles. The zero-order valence-corrected chi connectivity index (χ0v) is 15.6. The molecule has 3 aliphatic heterocycles. The van der Waals surface area contributed by atoms with Gasteiger partial charge in [-0.05, 0) is 31.0 Å². The summed E-state index contributed by atoms with van der Waals surface area (Å²) in [7, 11) is 0. The normalized spacial score (nSPS) is 30.7. The van der Waals surface area contributed by atoms with Crippen LogP contribution in [0.15, 0.2) is 18.2 Å². The molecule has 0 spiro atoms. The summed E-state index contributed by atoms with van der Waals surface area (Å²) in [4.78, 5) is 28.5. The minimum atomic E-state index is -0.926. The number of carboxylic acid groups (broad SMARTS) is 1. The van der Waals surface area contributed by atoms with Crippen LogP contribution in [0.1, 0.15) is 12.8 Å². The van der Waals surface area contributed by atoms with Crippen LogP contribution in [0.5, 0.6) is 0 Å². The Morgan fingerprint density at radius 1 is 1.00 bits per heavy atom. The van der Waals surface area contributed by atoms with Gasteiger partial charge >= 0.3 is 5.97 Å². The van der Waals surface area contributed by atoms with Crippen molar-refractivity contribution in [2.75, 3.05) is 31.1 Å². The number of carbonyl (C=O) groups excluding carboxylic acids is 1. The highest BCUT2D eigenvalue weighted by Crippen LogP contribution is 2.44. The lowest BCUT2D eigenvalue weighted by Crippen LogP contribution is -2.53. The standard InChI is InChI=1S/C18H20Cl2N2O4/c19-11-2-1-10(9-12(11)20)21-5-7-22(8-6-21)17(23)15-13-3-4-14(26-13)16(15)18(24)25/h1-2,9,13-16H,3-8H2,(H,24,25). The maximum absolute atomic E-state index is 13.0. The Balaban J connectivity index is 1.42. The second-order valence-corrected chi connectivity index (χ2v) is 7.91. The molecule has 3 heterocycles. The molecule has 26 heavy (non-hydrogen) atoms. The Kier molecular flexibility index (Phi) is 4.75. The van der Waals surface area contributed by atoms with Crippen molar-refractivity contribution in [3.63, 3.8) is 0 Å². The maximum atomic E-state index is 13.0. The van der Waals surface area contributed by atoms with E-state index in [9.17, 15) is 14.7 Å². The zero-order valence-electron chi connectivity index (χ0n) is 14.1. The van der Waals surface area contributed by atoms with Gasteiger partial charge in [-0.15, -0.1) is 0 Å². The summed E-state index contributed by atoms with van der Waals surface area (Å²) in [5.41, 5.74) is 0.971. The Labute approximate surface area is 161 Å². The molecule has 0 radical (unpaired) electrons. The van der Waals surface area contributed by atoms with Gasteiger partial charge in [-0.1, -0.05) is 23.2 Å². The fraction of sp³-hybridized carbons (Fsp3) is 0.556. The van der Waals surface area contributed by atoms with Gasteiger partial charge in [0.05, 0.1) is 34.1 Å². The second kappa shape index (κ2) is 6.91. The lowest BCUT2D eigenvalue weighted by molar-refractivity contribution is -0.151. The third kappa shape index (κ3) is 3.04. The van der Waals surface area contributed by atoms with Crippen molar-refractivity contribution < 1.29 is 19.4 Å². The van der Waals surface area contributed by atoms with Gasteiger partial charge < -0.3 is 19.6 Å². The summed E-state index contributed by atoms with van der Waals surface area (Å²) in [6.07, 6.45) is 0.940. The molecule has 1 aromatic carbocycles. The van der Waals surface area contributed by atoms with E-state index in [1.54, 1.807) is 11.0 Å². The summed E-state index contributed by atoms with van der Waals surface area (Å²) in [6.45, 7) is 2.45. The van der Waals surface area contributed by atoms with Gasteiger partial charge in [0, 0.05) is 31.9 Å². The van der Waals surface area contributed by atoms with Crippen LogP contribution < -0.4 is 4.90 Å². The average Bonchev–Trinajstić information content (AvgIpc) is 3.25. The van der Waals surface area contributed by atoms with Gasteiger partial charge in [-0.3, -0.25) is 9.59 Å². The van der Waals surface area contributed by atoms with Crippen LogP contribution in [0.4, 0.5) is 5.69 Å². The van der Waals surface area contributed by atoms with E-state index in [4.69, 9.17) is 27.9 Å². The Bertz CT molecular complexity index is 736. The van der Waals surface area contributed by atoms with Gasteiger partial charge in [0.15, 0.2) is 0 Å². The molecule has 0 aromatic heterocycles. The SMILES string of the molecule is O=C(O)C1C2CCC(O2)C1C(=O)N1CCN(c2ccc(Cl)c(Cl)c2)CC1. The highest BCUT2D eigenvalue weighted by molar-refractivity contribution is 6.42. The molecule has 2 bridgehead atoms. The molecule has 4 atom stereocenters. The first-order chi connectivity index (χ1) is 12.5. The number of anilines is 1. The third-order valence-electron chi connectivity index (χ3n) is 5.70. The highest BCUT2D eigenvalue weighted by Gasteiger charge is 2.56. The fourth-order valence-electron chi connectivity index (χ4n) is 4.38. The number of aliphatic carboxylic acids is 1. The monoisotopic (exact) mass is 398 g/mol. The lowest BCUT2D eigenvalue weighted by atomic mass is 9.78. The molecule has 1 N–H and O–H groups in total. The van der Waals surface area contributed by atoms with Crippen LogP contribution in [0.3, 0.4) is 0 Å².